The number of hydrogen-bond acceptors (Lipinski definition) is 4. The maximum absolute atomic E-state index is 10.7. The molecule has 0 fully saturated rings. The molecule has 0 aliphatic carbocycles. The van der Waals surface area contributed by atoms with Gasteiger partial charge in [0.15, 0.2) is 0 Å². The minimum Gasteiger partial charge on any atom is -1.00 e. The summed E-state index contributed by atoms with van der Waals surface area (Å²) in [5.41, 5.74) is 0. The highest BCUT2D eigenvalue weighted by atomic mass is 35.5. The SMILES string of the molecule is CS(=O)(=O)NCCC[NH+](CCO)CCO.[Cl-]. The van der Waals surface area contributed by atoms with Crippen molar-refractivity contribution in [3.05, 3.63) is 0 Å². The molecule has 6 nitrogen and oxygen atoms in total. The Bertz CT molecular complexity index is 242. The Hall–Kier alpha value is 0.0800. The number of quaternary nitrogens is 1. The minimum absolute atomic E-state index is 0. The molecule has 4 N–H and O–H groups in total. The predicted octanol–water partition coefficient (Wildman–Crippen LogP) is -6.20. The lowest BCUT2D eigenvalue weighted by Crippen LogP contribution is -3.13. The van der Waals surface area contributed by atoms with Gasteiger partial charge in [0.2, 0.25) is 10.0 Å². The lowest BCUT2D eigenvalue weighted by Gasteiger charge is -2.17. The third-order valence-electron chi connectivity index (χ3n) is 2.00. The van der Waals surface area contributed by atoms with Gasteiger partial charge in [-0.2, -0.15) is 0 Å². The molecule has 16 heavy (non-hydrogen) atoms. The number of rotatable bonds is 9. The topological polar surface area (TPSA) is 91.1 Å². The first kappa shape index (κ1) is 18.4. The second-order valence-corrected chi connectivity index (χ2v) is 5.30. The Morgan fingerprint density at radius 3 is 2.00 bits per heavy atom. The van der Waals surface area contributed by atoms with E-state index in [-0.39, 0.29) is 25.6 Å². The highest BCUT2D eigenvalue weighted by molar-refractivity contribution is 7.88. The van der Waals surface area contributed by atoms with Crippen molar-refractivity contribution in [1.29, 1.82) is 0 Å². The summed E-state index contributed by atoms with van der Waals surface area (Å²) in [5, 5.41) is 17.5. The molecule has 0 spiro atoms. The smallest absolute Gasteiger partial charge is 0.208 e. The average molecular weight is 277 g/mol. The molecule has 0 saturated heterocycles. The molecule has 0 amide bonds. The van der Waals surface area contributed by atoms with Crippen LogP contribution in [0, 0.1) is 0 Å². The van der Waals surface area contributed by atoms with Gasteiger partial charge < -0.3 is 27.5 Å². The van der Waals surface area contributed by atoms with Gasteiger partial charge in [-0.1, -0.05) is 0 Å². The molecular weight excluding hydrogens is 256 g/mol. The van der Waals surface area contributed by atoms with Crippen LogP contribution in [0.1, 0.15) is 6.42 Å². The molecule has 0 rings (SSSR count). The monoisotopic (exact) mass is 276 g/mol. The Balaban J connectivity index is 0. The Morgan fingerprint density at radius 2 is 1.62 bits per heavy atom. The van der Waals surface area contributed by atoms with Gasteiger partial charge in [0, 0.05) is 13.0 Å². The van der Waals surface area contributed by atoms with Gasteiger partial charge >= 0.3 is 0 Å². The molecule has 0 aliphatic heterocycles. The van der Waals surface area contributed by atoms with E-state index in [1.54, 1.807) is 0 Å². The van der Waals surface area contributed by atoms with Crippen LogP contribution in [0.5, 0.6) is 0 Å². The zero-order chi connectivity index (χ0) is 11.7. The molecule has 0 saturated carbocycles. The highest BCUT2D eigenvalue weighted by Gasteiger charge is 2.07. The van der Waals surface area contributed by atoms with Crippen molar-refractivity contribution in [2.75, 3.05) is 45.6 Å². The quantitative estimate of drug-likeness (QED) is 0.316. The third-order valence-corrected chi connectivity index (χ3v) is 2.73. The van der Waals surface area contributed by atoms with Crippen molar-refractivity contribution in [2.45, 2.75) is 6.42 Å². The summed E-state index contributed by atoms with van der Waals surface area (Å²) in [6, 6.07) is 0. The van der Waals surface area contributed by atoms with Crippen molar-refractivity contribution >= 4 is 10.0 Å². The second kappa shape index (κ2) is 10.2. The highest BCUT2D eigenvalue weighted by Crippen LogP contribution is 1.76. The van der Waals surface area contributed by atoms with Crippen LogP contribution < -0.4 is 22.0 Å². The van der Waals surface area contributed by atoms with E-state index in [0.29, 0.717) is 26.1 Å². The first-order valence-electron chi connectivity index (χ1n) is 4.99. The molecule has 0 radical (unpaired) electrons. The number of sulfonamides is 1. The lowest BCUT2D eigenvalue weighted by atomic mass is 10.3. The first-order chi connectivity index (χ1) is 6.99. The standard InChI is InChI=1S/C8H20N2O4S.ClH/c1-15(13,14)9-3-2-4-10(5-7-11)6-8-12;/h9,11-12H,2-8H2,1H3;1H. The molecule has 0 aromatic heterocycles. The number of halogens is 1. The first-order valence-corrected chi connectivity index (χ1v) is 6.88. The van der Waals surface area contributed by atoms with Crippen molar-refractivity contribution < 1.29 is 35.9 Å². The largest absolute Gasteiger partial charge is 1.00 e. The fraction of sp³-hybridized carbons (Fsp3) is 1.00. The number of aliphatic hydroxyl groups is 2. The summed E-state index contributed by atoms with van der Waals surface area (Å²) in [4.78, 5) is 1.08. The van der Waals surface area contributed by atoms with Crippen LogP contribution in [0.4, 0.5) is 0 Å². The van der Waals surface area contributed by atoms with E-state index < -0.39 is 10.0 Å². The van der Waals surface area contributed by atoms with Crippen LogP contribution in [0.3, 0.4) is 0 Å². The summed E-state index contributed by atoms with van der Waals surface area (Å²) in [5.74, 6) is 0. The second-order valence-electron chi connectivity index (χ2n) is 3.47. The average Bonchev–Trinajstić information content (AvgIpc) is 2.11. The van der Waals surface area contributed by atoms with E-state index in [1.165, 1.54) is 0 Å². The van der Waals surface area contributed by atoms with Gasteiger partial charge in [0.1, 0.15) is 13.1 Å². The van der Waals surface area contributed by atoms with Gasteiger partial charge in [-0.25, -0.2) is 13.1 Å². The van der Waals surface area contributed by atoms with Crippen molar-refractivity contribution in [1.82, 2.24) is 4.72 Å². The molecule has 0 aromatic carbocycles. The maximum Gasteiger partial charge on any atom is 0.208 e. The molecule has 0 atom stereocenters. The van der Waals surface area contributed by atoms with Crippen LogP contribution in [0.2, 0.25) is 0 Å². The van der Waals surface area contributed by atoms with Crippen LogP contribution in [0.15, 0.2) is 0 Å². The normalized spacial score (nSPS) is 11.5. The Labute approximate surface area is 103 Å². The summed E-state index contributed by atoms with van der Waals surface area (Å²) in [6.45, 7) is 2.46. The Morgan fingerprint density at radius 1 is 1.12 bits per heavy atom. The molecular formula is C8H21ClN2O4S. The summed E-state index contributed by atoms with van der Waals surface area (Å²) < 4.78 is 23.9. The molecule has 0 bridgehead atoms. The van der Waals surface area contributed by atoms with Crippen LogP contribution >= 0.6 is 0 Å². The maximum atomic E-state index is 10.7. The number of aliphatic hydroxyl groups excluding tert-OH is 2. The van der Waals surface area contributed by atoms with Crippen molar-refractivity contribution in [3.8, 4) is 0 Å². The predicted molar refractivity (Wildman–Crippen MR) is 57.2 cm³/mol. The fourth-order valence-corrected chi connectivity index (χ4v) is 1.80. The molecule has 0 aromatic rings. The third kappa shape index (κ3) is 12.2. The fourth-order valence-electron chi connectivity index (χ4n) is 1.29. The van der Waals surface area contributed by atoms with Crippen molar-refractivity contribution in [3.63, 3.8) is 0 Å². The lowest BCUT2D eigenvalue weighted by molar-refractivity contribution is -0.900. The minimum atomic E-state index is -3.10. The van der Waals surface area contributed by atoms with E-state index in [2.05, 4.69) is 4.72 Å². The molecule has 0 heterocycles. The van der Waals surface area contributed by atoms with Crippen molar-refractivity contribution in [2.24, 2.45) is 0 Å². The van der Waals surface area contributed by atoms with E-state index in [1.807, 2.05) is 0 Å². The summed E-state index contributed by atoms with van der Waals surface area (Å²) >= 11 is 0. The zero-order valence-electron chi connectivity index (χ0n) is 9.45. The molecule has 8 heteroatoms. The van der Waals surface area contributed by atoms with Crippen LogP contribution in [-0.4, -0.2) is 64.3 Å². The summed E-state index contributed by atoms with van der Waals surface area (Å²) in [7, 11) is -3.10. The molecule has 100 valence electrons. The van der Waals surface area contributed by atoms with E-state index in [4.69, 9.17) is 10.2 Å². The van der Waals surface area contributed by atoms with E-state index >= 15 is 0 Å². The zero-order valence-corrected chi connectivity index (χ0v) is 11.0. The van der Waals surface area contributed by atoms with Gasteiger partial charge in [-0.15, -0.1) is 0 Å². The molecule has 0 aliphatic rings. The van der Waals surface area contributed by atoms with E-state index in [0.717, 1.165) is 17.7 Å². The van der Waals surface area contributed by atoms with Gasteiger partial charge in [0.05, 0.1) is 26.0 Å². The molecule has 0 unspecified atom stereocenters. The van der Waals surface area contributed by atoms with E-state index in [9.17, 15) is 8.42 Å². The Kier molecular flexibility index (Phi) is 11.8. The number of hydrogen-bond donors (Lipinski definition) is 4. The van der Waals surface area contributed by atoms with Crippen LogP contribution in [-0.2, 0) is 10.0 Å². The van der Waals surface area contributed by atoms with Gasteiger partial charge in [-0.05, 0) is 0 Å². The van der Waals surface area contributed by atoms with Gasteiger partial charge in [-0.3, -0.25) is 0 Å². The van der Waals surface area contributed by atoms with Gasteiger partial charge in [0.25, 0.3) is 0 Å². The van der Waals surface area contributed by atoms with Crippen LogP contribution in [0.25, 0.3) is 0 Å². The summed E-state index contributed by atoms with van der Waals surface area (Å²) in [6.07, 6.45) is 1.82. The number of nitrogens with one attached hydrogen (secondary N) is 2.